The number of carbonyl (C=O) groups is 1. The van der Waals surface area contributed by atoms with E-state index >= 15 is 0 Å². The summed E-state index contributed by atoms with van der Waals surface area (Å²) in [7, 11) is 0. The summed E-state index contributed by atoms with van der Waals surface area (Å²) < 4.78 is 0. The second-order valence-corrected chi connectivity index (χ2v) is 4.11. The van der Waals surface area contributed by atoms with E-state index in [2.05, 4.69) is 27.2 Å². The number of benzene rings is 1. The quantitative estimate of drug-likeness (QED) is 0.819. The summed E-state index contributed by atoms with van der Waals surface area (Å²) in [5.41, 5.74) is 1.49. The molecule has 0 aliphatic carbocycles. The normalized spacial score (nSPS) is 9.48. The number of nitrogens with zero attached hydrogens (tertiary/aromatic N) is 3. The molecule has 21 heavy (non-hydrogen) atoms. The number of hydrogen-bond donors (Lipinski definition) is 2. The number of amides is 1. The van der Waals surface area contributed by atoms with Crippen molar-refractivity contribution >= 4 is 17.5 Å². The molecule has 0 saturated heterocycles. The molecule has 1 aromatic carbocycles. The third-order valence-electron chi connectivity index (χ3n) is 2.59. The summed E-state index contributed by atoms with van der Waals surface area (Å²) in [5, 5.41) is 14.3. The molecule has 6 heteroatoms. The van der Waals surface area contributed by atoms with Gasteiger partial charge in [0, 0.05) is 24.6 Å². The molecule has 0 radical (unpaired) electrons. The molecule has 0 spiro atoms. The van der Waals surface area contributed by atoms with Crippen molar-refractivity contribution in [2.45, 2.75) is 0 Å². The molecule has 1 amide bonds. The van der Waals surface area contributed by atoms with Crippen LogP contribution in [0.4, 0.5) is 11.6 Å². The zero-order valence-electron chi connectivity index (χ0n) is 11.2. The third-order valence-corrected chi connectivity index (χ3v) is 2.59. The molecule has 2 N–H and O–H groups in total. The second kappa shape index (κ2) is 6.82. The lowest BCUT2D eigenvalue weighted by atomic mass is 10.2. The monoisotopic (exact) mass is 279 g/mol. The molecule has 1 heterocycles. The van der Waals surface area contributed by atoms with Gasteiger partial charge in [0.2, 0.25) is 5.95 Å². The Bertz CT molecular complexity index is 671. The first kappa shape index (κ1) is 14.2. The number of rotatable bonds is 5. The van der Waals surface area contributed by atoms with Crippen LogP contribution in [-0.2, 0) is 0 Å². The van der Waals surface area contributed by atoms with Gasteiger partial charge in [-0.25, -0.2) is 9.97 Å². The molecule has 0 saturated carbocycles. The average Bonchev–Trinajstić information content (AvgIpc) is 2.54. The molecule has 6 nitrogen and oxygen atoms in total. The van der Waals surface area contributed by atoms with Gasteiger partial charge in [0.05, 0.1) is 17.2 Å². The predicted molar refractivity (Wildman–Crippen MR) is 79.8 cm³/mol. The summed E-state index contributed by atoms with van der Waals surface area (Å²) in [5.74, 6) is 0.125. The van der Waals surface area contributed by atoms with Crippen molar-refractivity contribution < 1.29 is 4.79 Å². The summed E-state index contributed by atoms with van der Waals surface area (Å²) in [6, 6.07) is 8.61. The summed E-state index contributed by atoms with van der Waals surface area (Å²) in [6.45, 7) is 4.13. The van der Waals surface area contributed by atoms with Crippen LogP contribution < -0.4 is 10.6 Å². The molecule has 0 bridgehead atoms. The van der Waals surface area contributed by atoms with Gasteiger partial charge in [0.25, 0.3) is 5.91 Å². The largest absolute Gasteiger partial charge is 0.351 e. The SMILES string of the molecule is C=CCNc1ncc(C(=O)Nc2ccc(C#N)cc2)cn1. The van der Waals surface area contributed by atoms with E-state index in [0.717, 1.165) is 0 Å². The van der Waals surface area contributed by atoms with E-state index in [1.165, 1.54) is 12.4 Å². The van der Waals surface area contributed by atoms with E-state index < -0.39 is 0 Å². The summed E-state index contributed by atoms with van der Waals surface area (Å²) in [4.78, 5) is 20.1. The predicted octanol–water partition coefficient (Wildman–Crippen LogP) is 2.20. The fraction of sp³-hybridized carbons (Fsp3) is 0.0667. The van der Waals surface area contributed by atoms with Gasteiger partial charge >= 0.3 is 0 Å². The van der Waals surface area contributed by atoms with E-state index in [1.807, 2.05) is 6.07 Å². The van der Waals surface area contributed by atoms with Gasteiger partial charge in [-0.15, -0.1) is 6.58 Å². The Morgan fingerprint density at radius 1 is 1.29 bits per heavy atom. The zero-order chi connectivity index (χ0) is 15.1. The first-order chi connectivity index (χ1) is 10.2. The zero-order valence-corrected chi connectivity index (χ0v) is 11.2. The first-order valence-electron chi connectivity index (χ1n) is 6.21. The van der Waals surface area contributed by atoms with Crippen molar-refractivity contribution in [3.63, 3.8) is 0 Å². The van der Waals surface area contributed by atoms with Crippen LogP contribution in [0.25, 0.3) is 0 Å². The van der Waals surface area contributed by atoms with Gasteiger partial charge in [0.15, 0.2) is 0 Å². The topological polar surface area (TPSA) is 90.7 Å². The number of anilines is 2. The Morgan fingerprint density at radius 2 is 1.95 bits per heavy atom. The minimum atomic E-state index is -0.310. The van der Waals surface area contributed by atoms with Crippen LogP contribution in [0, 0.1) is 11.3 Å². The fourth-order valence-corrected chi connectivity index (χ4v) is 1.53. The van der Waals surface area contributed by atoms with Gasteiger partial charge in [-0.3, -0.25) is 4.79 Å². The molecule has 2 rings (SSSR count). The van der Waals surface area contributed by atoms with Gasteiger partial charge in [0.1, 0.15) is 0 Å². The molecule has 0 fully saturated rings. The van der Waals surface area contributed by atoms with Gasteiger partial charge in [-0.1, -0.05) is 6.08 Å². The minimum absolute atomic E-state index is 0.310. The van der Waals surface area contributed by atoms with E-state index in [0.29, 0.717) is 29.3 Å². The lowest BCUT2D eigenvalue weighted by molar-refractivity contribution is 0.102. The minimum Gasteiger partial charge on any atom is -0.351 e. The number of hydrogen-bond acceptors (Lipinski definition) is 5. The number of nitriles is 1. The van der Waals surface area contributed by atoms with E-state index in [-0.39, 0.29) is 5.91 Å². The third kappa shape index (κ3) is 3.88. The average molecular weight is 279 g/mol. The van der Waals surface area contributed by atoms with Crippen LogP contribution >= 0.6 is 0 Å². The van der Waals surface area contributed by atoms with Crippen molar-refractivity contribution in [1.29, 1.82) is 5.26 Å². The molecule has 0 aliphatic heterocycles. The fourth-order valence-electron chi connectivity index (χ4n) is 1.53. The smallest absolute Gasteiger partial charge is 0.258 e. The lowest BCUT2D eigenvalue weighted by Crippen LogP contribution is -2.13. The van der Waals surface area contributed by atoms with Crippen LogP contribution in [0.1, 0.15) is 15.9 Å². The van der Waals surface area contributed by atoms with Gasteiger partial charge < -0.3 is 10.6 Å². The standard InChI is InChI=1S/C15H13N5O/c1-2-7-17-15-18-9-12(10-19-15)14(21)20-13-5-3-11(8-16)4-6-13/h2-6,9-10H,1,7H2,(H,20,21)(H,17,18,19). The Balaban J connectivity index is 2.02. The van der Waals surface area contributed by atoms with E-state index in [4.69, 9.17) is 5.26 Å². The Labute approximate surface area is 122 Å². The molecule has 0 aliphatic rings. The van der Waals surface area contributed by atoms with Crippen LogP contribution in [0.5, 0.6) is 0 Å². The molecule has 1 aromatic heterocycles. The van der Waals surface area contributed by atoms with Gasteiger partial charge in [-0.05, 0) is 24.3 Å². The van der Waals surface area contributed by atoms with Crippen LogP contribution in [0.2, 0.25) is 0 Å². The number of nitrogens with one attached hydrogen (secondary N) is 2. The van der Waals surface area contributed by atoms with Crippen molar-refractivity contribution in [2.24, 2.45) is 0 Å². The molecule has 0 atom stereocenters. The highest BCUT2D eigenvalue weighted by Crippen LogP contribution is 2.10. The molecule has 104 valence electrons. The molecular weight excluding hydrogens is 266 g/mol. The first-order valence-corrected chi connectivity index (χ1v) is 6.21. The maximum atomic E-state index is 12.0. The van der Waals surface area contributed by atoms with Crippen molar-refractivity contribution in [3.05, 3.63) is 60.4 Å². The molecule has 0 unspecified atom stereocenters. The van der Waals surface area contributed by atoms with Crippen molar-refractivity contribution in [1.82, 2.24) is 9.97 Å². The number of aromatic nitrogens is 2. The maximum absolute atomic E-state index is 12.0. The van der Waals surface area contributed by atoms with Crippen molar-refractivity contribution in [3.8, 4) is 6.07 Å². The second-order valence-electron chi connectivity index (χ2n) is 4.11. The van der Waals surface area contributed by atoms with Crippen LogP contribution in [0.3, 0.4) is 0 Å². The highest BCUT2D eigenvalue weighted by atomic mass is 16.1. The Morgan fingerprint density at radius 3 is 2.52 bits per heavy atom. The van der Waals surface area contributed by atoms with E-state index in [9.17, 15) is 4.79 Å². The lowest BCUT2D eigenvalue weighted by Gasteiger charge is -2.05. The van der Waals surface area contributed by atoms with Crippen molar-refractivity contribution in [2.75, 3.05) is 17.2 Å². The highest BCUT2D eigenvalue weighted by Gasteiger charge is 2.07. The Kier molecular flexibility index (Phi) is 4.62. The summed E-state index contributed by atoms with van der Waals surface area (Å²) in [6.07, 6.45) is 4.57. The highest BCUT2D eigenvalue weighted by molar-refractivity contribution is 6.03. The Hall–Kier alpha value is -3.20. The van der Waals surface area contributed by atoms with Crippen LogP contribution in [-0.4, -0.2) is 22.4 Å². The maximum Gasteiger partial charge on any atom is 0.258 e. The summed E-state index contributed by atoms with van der Waals surface area (Å²) >= 11 is 0. The van der Waals surface area contributed by atoms with Gasteiger partial charge in [-0.2, -0.15) is 5.26 Å². The molecule has 2 aromatic rings. The van der Waals surface area contributed by atoms with E-state index in [1.54, 1.807) is 30.3 Å². The number of carbonyl (C=O) groups excluding carboxylic acids is 1. The molecular formula is C15H13N5O. The van der Waals surface area contributed by atoms with Crippen LogP contribution in [0.15, 0.2) is 49.3 Å².